The van der Waals surface area contributed by atoms with Gasteiger partial charge in [0.2, 0.25) is 5.91 Å². The minimum atomic E-state index is -0.165. The highest BCUT2D eigenvalue weighted by molar-refractivity contribution is 5.85. The average Bonchev–Trinajstić information content (AvgIpc) is 3.72. The number of ketones is 1. The fourth-order valence-electron chi connectivity index (χ4n) is 15.7. The lowest BCUT2D eigenvalue weighted by Crippen LogP contribution is -2.67. The van der Waals surface area contributed by atoms with E-state index in [2.05, 4.69) is 58.3 Å². The molecule has 0 aromatic rings. The van der Waals surface area contributed by atoms with Crippen molar-refractivity contribution in [3.05, 3.63) is 0 Å². The molecule has 0 unspecified atom stereocenters. The van der Waals surface area contributed by atoms with Crippen molar-refractivity contribution in [1.82, 2.24) is 9.80 Å². The Bertz CT molecular complexity index is 1310. The van der Waals surface area contributed by atoms with Crippen LogP contribution in [0.4, 0.5) is 0 Å². The lowest BCUT2D eigenvalue weighted by molar-refractivity contribution is -0.244. The predicted octanol–water partition coefficient (Wildman–Crippen LogP) is 9.42. The monoisotopic (exact) mass is 691 g/mol. The second-order valence-corrected chi connectivity index (χ2v) is 21.5. The number of Topliss-reactive ketones (excluding diaryl/α,β-unsaturated/α-hetero) is 1. The van der Waals surface area contributed by atoms with E-state index >= 15 is 4.79 Å². The Morgan fingerprint density at radius 1 is 0.680 bits per heavy atom. The Morgan fingerprint density at radius 2 is 1.40 bits per heavy atom. The molecule has 0 aromatic heterocycles. The lowest BCUT2D eigenvalue weighted by Gasteiger charge is -2.73. The topological polar surface area (TPSA) is 49.9 Å². The van der Waals surface area contributed by atoms with Crippen molar-refractivity contribution in [1.29, 1.82) is 0 Å². The van der Waals surface area contributed by atoms with Crippen LogP contribution in [-0.4, -0.2) is 67.4 Å². The standard InChI is InChI=1S/C45H74N2O3/c1-31-12-17-42(5)36(40(31,2)3)14-18-44(7)37(42)11-10-34-38-33(41(4)20-21-41)13-19-45(38,23-22-43(34,44)6)39(49)47-25-15-32(16-26-47)35(48)9-8-24-46-27-29-50-30-28-46/h31-34,36-38H,8-30H2,1-7H3/t31-,33+,34+,36-,37+,38+,42-,43+,44+,45-/m0/s1. The average molecular weight is 691 g/mol. The summed E-state index contributed by atoms with van der Waals surface area (Å²) in [6.45, 7) is 24.9. The highest BCUT2D eigenvalue weighted by Gasteiger charge is 2.73. The van der Waals surface area contributed by atoms with Crippen LogP contribution in [0.3, 0.4) is 0 Å². The third kappa shape index (κ3) is 5.31. The highest BCUT2D eigenvalue weighted by atomic mass is 16.5. The van der Waals surface area contributed by atoms with Crippen LogP contribution in [0.2, 0.25) is 0 Å². The number of piperidine rings is 1. The van der Waals surface area contributed by atoms with Gasteiger partial charge in [-0.3, -0.25) is 14.5 Å². The molecule has 2 saturated heterocycles. The van der Waals surface area contributed by atoms with Crippen LogP contribution in [0.1, 0.15) is 151 Å². The van der Waals surface area contributed by atoms with Gasteiger partial charge < -0.3 is 9.64 Å². The van der Waals surface area contributed by atoms with Crippen LogP contribution >= 0.6 is 0 Å². The predicted molar refractivity (Wildman–Crippen MR) is 201 cm³/mol. The molecule has 8 aliphatic rings. The van der Waals surface area contributed by atoms with Gasteiger partial charge in [-0.2, -0.15) is 0 Å². The van der Waals surface area contributed by atoms with Crippen LogP contribution in [-0.2, 0) is 14.3 Å². The number of likely N-dealkylation sites (tertiary alicyclic amines) is 1. The van der Waals surface area contributed by atoms with Crippen LogP contribution in [0, 0.1) is 73.9 Å². The quantitative estimate of drug-likeness (QED) is 0.267. The van der Waals surface area contributed by atoms with Gasteiger partial charge >= 0.3 is 0 Å². The molecule has 2 aliphatic heterocycles. The summed E-state index contributed by atoms with van der Waals surface area (Å²) in [6.07, 6.45) is 19.2. The number of amides is 1. The first kappa shape index (κ1) is 36.1. The van der Waals surface area contributed by atoms with Gasteiger partial charge in [0.25, 0.3) is 0 Å². The van der Waals surface area contributed by atoms with Crippen LogP contribution in [0.15, 0.2) is 0 Å². The van der Waals surface area contributed by atoms with E-state index in [4.69, 9.17) is 4.74 Å². The number of rotatable bonds is 7. The number of fused-ring (bicyclic) bond motifs is 7. The summed E-state index contributed by atoms with van der Waals surface area (Å²) in [6, 6.07) is 0. The number of carbonyl (C=O) groups excluding carboxylic acids is 2. The first-order valence-electron chi connectivity index (χ1n) is 21.8. The molecule has 8 fully saturated rings. The van der Waals surface area contributed by atoms with Crippen molar-refractivity contribution in [2.75, 3.05) is 45.9 Å². The molecule has 5 heteroatoms. The molecule has 282 valence electrons. The summed E-state index contributed by atoms with van der Waals surface area (Å²) in [7, 11) is 0. The summed E-state index contributed by atoms with van der Waals surface area (Å²) in [5.41, 5.74) is 1.85. The zero-order valence-corrected chi connectivity index (χ0v) is 33.4. The first-order valence-corrected chi connectivity index (χ1v) is 21.8. The molecule has 1 amide bonds. The van der Waals surface area contributed by atoms with Crippen molar-refractivity contribution in [3.63, 3.8) is 0 Å². The molecule has 0 bridgehead atoms. The molecule has 50 heavy (non-hydrogen) atoms. The number of morpholine rings is 1. The van der Waals surface area contributed by atoms with Gasteiger partial charge in [0, 0.05) is 38.5 Å². The molecule has 5 nitrogen and oxygen atoms in total. The SMILES string of the molecule is C[C@H]1CC[C@]2(C)[C@H]3CC[C@@H]4[C@H]5[C@H](C6(C)CC6)CC[C@]5(C(=O)N5CCC(C(=O)CCCN6CCOCC6)CC5)CC[C@@]4(C)[C@]3(C)CC[C@H]2C1(C)C. The van der Waals surface area contributed by atoms with E-state index in [1.165, 1.54) is 64.2 Å². The maximum atomic E-state index is 15.2. The van der Waals surface area contributed by atoms with E-state index in [9.17, 15) is 4.79 Å². The van der Waals surface area contributed by atoms with Crippen molar-refractivity contribution < 1.29 is 14.3 Å². The van der Waals surface area contributed by atoms with E-state index in [1.54, 1.807) is 0 Å². The molecule has 10 atom stereocenters. The van der Waals surface area contributed by atoms with E-state index < -0.39 is 0 Å². The fourth-order valence-corrected chi connectivity index (χ4v) is 15.7. The first-order chi connectivity index (χ1) is 23.7. The van der Waals surface area contributed by atoms with Gasteiger partial charge in [-0.15, -0.1) is 0 Å². The Morgan fingerprint density at radius 3 is 2.10 bits per heavy atom. The third-order valence-electron chi connectivity index (χ3n) is 19.6. The van der Waals surface area contributed by atoms with E-state index in [0.29, 0.717) is 62.9 Å². The maximum Gasteiger partial charge on any atom is 0.229 e. The Balaban J connectivity index is 0.996. The minimum Gasteiger partial charge on any atom is -0.379 e. The Labute approximate surface area is 306 Å². The van der Waals surface area contributed by atoms with Gasteiger partial charge in [0.1, 0.15) is 5.78 Å². The van der Waals surface area contributed by atoms with Gasteiger partial charge in [-0.1, -0.05) is 48.5 Å². The fraction of sp³-hybridized carbons (Fsp3) is 0.956. The van der Waals surface area contributed by atoms with Gasteiger partial charge in [0.15, 0.2) is 0 Å². The maximum absolute atomic E-state index is 15.2. The van der Waals surface area contributed by atoms with Crippen molar-refractivity contribution in [2.24, 2.45) is 73.9 Å². The van der Waals surface area contributed by atoms with Crippen molar-refractivity contribution in [3.8, 4) is 0 Å². The third-order valence-corrected chi connectivity index (χ3v) is 19.6. The molecular formula is C45H74N2O3. The largest absolute Gasteiger partial charge is 0.379 e. The molecule has 0 spiro atoms. The molecule has 0 aromatic carbocycles. The van der Waals surface area contributed by atoms with Crippen LogP contribution in [0.5, 0.6) is 0 Å². The van der Waals surface area contributed by atoms with E-state index in [-0.39, 0.29) is 11.3 Å². The summed E-state index contributed by atoms with van der Waals surface area (Å²) in [4.78, 5) is 33.2. The van der Waals surface area contributed by atoms with E-state index in [0.717, 1.165) is 95.8 Å². The van der Waals surface area contributed by atoms with Crippen LogP contribution < -0.4 is 0 Å². The Hall–Kier alpha value is -0.940. The summed E-state index contributed by atoms with van der Waals surface area (Å²) < 4.78 is 5.49. The second-order valence-electron chi connectivity index (χ2n) is 21.5. The number of hydrogen-bond donors (Lipinski definition) is 0. The zero-order chi connectivity index (χ0) is 35.3. The number of nitrogens with zero attached hydrogens (tertiary/aromatic N) is 2. The number of hydrogen-bond acceptors (Lipinski definition) is 4. The normalized spacial score (nSPS) is 47.1. The molecular weight excluding hydrogens is 617 g/mol. The van der Waals surface area contributed by atoms with Crippen LogP contribution in [0.25, 0.3) is 0 Å². The molecule has 0 radical (unpaired) electrons. The molecule has 2 heterocycles. The van der Waals surface area contributed by atoms with Gasteiger partial charge in [-0.05, 0) is 165 Å². The molecule has 6 aliphatic carbocycles. The highest BCUT2D eigenvalue weighted by Crippen LogP contribution is 2.79. The van der Waals surface area contributed by atoms with Gasteiger partial charge in [-0.25, -0.2) is 0 Å². The minimum absolute atomic E-state index is 0.146. The van der Waals surface area contributed by atoms with Crippen molar-refractivity contribution in [2.45, 2.75) is 151 Å². The van der Waals surface area contributed by atoms with Gasteiger partial charge in [0.05, 0.1) is 18.6 Å². The molecule has 6 saturated carbocycles. The molecule has 0 N–H and O–H groups in total. The number of ether oxygens (including phenoxy) is 1. The molecule has 8 rings (SSSR count). The number of carbonyl (C=O) groups is 2. The lowest BCUT2D eigenvalue weighted by atomic mass is 9.32. The van der Waals surface area contributed by atoms with E-state index in [1.807, 2.05) is 0 Å². The second kappa shape index (κ2) is 12.6. The Kier molecular flexibility index (Phi) is 9.06. The summed E-state index contributed by atoms with van der Waals surface area (Å²) >= 11 is 0. The zero-order valence-electron chi connectivity index (χ0n) is 33.4. The smallest absolute Gasteiger partial charge is 0.229 e. The van der Waals surface area contributed by atoms with Crippen molar-refractivity contribution >= 4 is 11.7 Å². The summed E-state index contributed by atoms with van der Waals surface area (Å²) in [5, 5.41) is 0. The summed E-state index contributed by atoms with van der Waals surface area (Å²) in [5.74, 6) is 5.51.